The molecule has 1 heterocycles. The van der Waals surface area contributed by atoms with Crippen molar-refractivity contribution in [3.05, 3.63) is 35.6 Å². The molecule has 0 aromatic heterocycles. The molecule has 0 N–H and O–H groups in total. The molecule has 1 saturated heterocycles. The lowest BCUT2D eigenvalue weighted by atomic mass is 10.0. The van der Waals surface area contributed by atoms with Gasteiger partial charge in [0, 0.05) is 5.56 Å². The Morgan fingerprint density at radius 2 is 2.00 bits per heavy atom. The van der Waals surface area contributed by atoms with Gasteiger partial charge in [-0.15, -0.1) is 0 Å². The molecule has 0 saturated carbocycles. The first-order valence-corrected chi connectivity index (χ1v) is 5.12. The minimum Gasteiger partial charge on any atom is -0.367 e. The van der Waals surface area contributed by atoms with Gasteiger partial charge in [-0.3, -0.25) is 4.79 Å². The van der Waals surface area contributed by atoms with Gasteiger partial charge in [0.2, 0.25) is 0 Å². The maximum Gasteiger partial charge on any atom is 0.191 e. The Balaban J connectivity index is 2.11. The lowest BCUT2D eigenvalue weighted by molar-refractivity contribution is 0.0433. The first-order valence-electron chi connectivity index (χ1n) is 5.12. The fraction of sp³-hybridized carbons (Fsp3) is 0.417. The van der Waals surface area contributed by atoms with Gasteiger partial charge in [0.15, 0.2) is 5.78 Å². The minimum atomic E-state index is -0.342. The Morgan fingerprint density at radius 1 is 1.33 bits per heavy atom. The molecular formula is C12H13FO2. The lowest BCUT2D eigenvalue weighted by Gasteiger charge is -2.09. The molecule has 3 heteroatoms. The summed E-state index contributed by atoms with van der Waals surface area (Å²) in [5, 5.41) is 0. The van der Waals surface area contributed by atoms with Gasteiger partial charge >= 0.3 is 0 Å². The van der Waals surface area contributed by atoms with Crippen LogP contribution in [0.5, 0.6) is 0 Å². The van der Waals surface area contributed by atoms with E-state index in [4.69, 9.17) is 4.74 Å². The Morgan fingerprint density at radius 3 is 2.53 bits per heavy atom. The van der Waals surface area contributed by atoms with E-state index in [0.29, 0.717) is 5.56 Å². The second-order valence-corrected chi connectivity index (χ2v) is 3.88. The van der Waals surface area contributed by atoms with Crippen LogP contribution in [-0.4, -0.2) is 18.0 Å². The Kier molecular flexibility index (Phi) is 2.82. The highest BCUT2D eigenvalue weighted by Crippen LogP contribution is 2.22. The van der Waals surface area contributed by atoms with Gasteiger partial charge < -0.3 is 4.74 Å². The van der Waals surface area contributed by atoms with Crippen LogP contribution in [-0.2, 0) is 4.74 Å². The number of benzene rings is 1. The number of Topliss-reactive ketones (excluding diaryl/α,β-unsaturated/α-hetero) is 1. The number of rotatable bonds is 2. The van der Waals surface area contributed by atoms with Crippen molar-refractivity contribution in [1.29, 1.82) is 0 Å². The van der Waals surface area contributed by atoms with Gasteiger partial charge in [0.25, 0.3) is 0 Å². The molecule has 0 unspecified atom stereocenters. The van der Waals surface area contributed by atoms with Crippen molar-refractivity contribution in [2.75, 3.05) is 0 Å². The summed E-state index contributed by atoms with van der Waals surface area (Å²) in [6.07, 6.45) is 1.49. The van der Waals surface area contributed by atoms with E-state index in [2.05, 4.69) is 0 Å². The topological polar surface area (TPSA) is 26.3 Å². The normalized spacial score (nSPS) is 25.5. The number of ketones is 1. The molecule has 80 valence electrons. The molecule has 15 heavy (non-hydrogen) atoms. The molecule has 1 aromatic rings. The minimum absolute atomic E-state index is 0.0423. The molecule has 0 aliphatic carbocycles. The van der Waals surface area contributed by atoms with Crippen LogP contribution in [0.2, 0.25) is 0 Å². The largest absolute Gasteiger partial charge is 0.367 e. The van der Waals surface area contributed by atoms with Crippen molar-refractivity contribution in [3.8, 4) is 0 Å². The summed E-state index contributed by atoms with van der Waals surface area (Å²) in [5.41, 5.74) is 0.524. The molecule has 2 atom stereocenters. The van der Waals surface area contributed by atoms with Crippen LogP contribution < -0.4 is 0 Å². The second kappa shape index (κ2) is 4.11. The summed E-state index contributed by atoms with van der Waals surface area (Å²) in [6.45, 7) is 1.96. The maximum absolute atomic E-state index is 12.6. The molecule has 1 aliphatic heterocycles. The third kappa shape index (κ3) is 2.23. The van der Waals surface area contributed by atoms with Crippen LogP contribution in [0.3, 0.4) is 0 Å². The van der Waals surface area contributed by atoms with Crippen LogP contribution in [0, 0.1) is 5.82 Å². The summed E-state index contributed by atoms with van der Waals surface area (Å²) < 4.78 is 18.1. The summed E-state index contributed by atoms with van der Waals surface area (Å²) in [5.74, 6) is -0.369. The van der Waals surface area contributed by atoms with E-state index < -0.39 is 0 Å². The SMILES string of the molecule is C[C@H]1CC[C@@H](C(=O)c2ccc(F)cc2)O1. The third-order valence-electron chi connectivity index (χ3n) is 2.65. The number of halogens is 1. The molecular weight excluding hydrogens is 195 g/mol. The standard InChI is InChI=1S/C12H13FO2/c1-8-2-7-11(15-8)12(14)9-3-5-10(13)6-4-9/h3-6,8,11H,2,7H2,1H3/t8-,11-/m0/s1. The van der Waals surface area contributed by atoms with Crippen LogP contribution in [0.25, 0.3) is 0 Å². The van der Waals surface area contributed by atoms with Crippen LogP contribution in [0.15, 0.2) is 24.3 Å². The molecule has 1 aliphatic rings. The van der Waals surface area contributed by atoms with E-state index in [1.165, 1.54) is 24.3 Å². The zero-order valence-corrected chi connectivity index (χ0v) is 8.57. The predicted molar refractivity (Wildman–Crippen MR) is 54.3 cm³/mol. The summed E-state index contributed by atoms with van der Waals surface area (Å²) >= 11 is 0. The van der Waals surface area contributed by atoms with E-state index in [0.717, 1.165) is 12.8 Å². The summed E-state index contributed by atoms with van der Waals surface area (Å²) in [7, 11) is 0. The average molecular weight is 208 g/mol. The highest BCUT2D eigenvalue weighted by Gasteiger charge is 2.28. The van der Waals surface area contributed by atoms with Crippen molar-refractivity contribution in [1.82, 2.24) is 0 Å². The van der Waals surface area contributed by atoms with Crippen LogP contribution >= 0.6 is 0 Å². The number of hydrogen-bond donors (Lipinski definition) is 0. The van der Waals surface area contributed by atoms with Crippen LogP contribution in [0.1, 0.15) is 30.1 Å². The Labute approximate surface area is 88.1 Å². The Hall–Kier alpha value is -1.22. The second-order valence-electron chi connectivity index (χ2n) is 3.88. The number of hydrogen-bond acceptors (Lipinski definition) is 2. The van der Waals surface area contributed by atoms with E-state index in [1.807, 2.05) is 6.92 Å². The molecule has 2 rings (SSSR count). The molecule has 0 bridgehead atoms. The maximum atomic E-state index is 12.6. The zero-order valence-electron chi connectivity index (χ0n) is 8.57. The first-order chi connectivity index (χ1) is 7.16. The third-order valence-corrected chi connectivity index (χ3v) is 2.65. The quantitative estimate of drug-likeness (QED) is 0.698. The van der Waals surface area contributed by atoms with Gasteiger partial charge in [0.05, 0.1) is 6.10 Å². The van der Waals surface area contributed by atoms with Crippen molar-refractivity contribution in [2.24, 2.45) is 0 Å². The van der Waals surface area contributed by atoms with Gasteiger partial charge in [-0.2, -0.15) is 0 Å². The molecule has 0 spiro atoms. The number of carbonyl (C=O) groups is 1. The molecule has 0 amide bonds. The lowest BCUT2D eigenvalue weighted by Crippen LogP contribution is -2.20. The number of ether oxygens (including phenoxy) is 1. The summed E-state index contributed by atoms with van der Waals surface area (Å²) in [4.78, 5) is 11.9. The van der Waals surface area contributed by atoms with Crippen molar-refractivity contribution in [3.63, 3.8) is 0 Å². The van der Waals surface area contributed by atoms with E-state index in [1.54, 1.807) is 0 Å². The fourth-order valence-electron chi connectivity index (χ4n) is 1.80. The molecule has 0 radical (unpaired) electrons. The van der Waals surface area contributed by atoms with Crippen molar-refractivity contribution < 1.29 is 13.9 Å². The highest BCUT2D eigenvalue weighted by molar-refractivity contribution is 5.99. The monoisotopic (exact) mass is 208 g/mol. The van der Waals surface area contributed by atoms with Gasteiger partial charge in [-0.25, -0.2) is 4.39 Å². The van der Waals surface area contributed by atoms with Gasteiger partial charge in [-0.05, 0) is 44.0 Å². The van der Waals surface area contributed by atoms with E-state index >= 15 is 0 Å². The Bertz CT molecular complexity index is 358. The zero-order chi connectivity index (χ0) is 10.8. The fourth-order valence-corrected chi connectivity index (χ4v) is 1.80. The summed E-state index contributed by atoms with van der Waals surface area (Å²) in [6, 6.07) is 5.60. The van der Waals surface area contributed by atoms with Gasteiger partial charge in [-0.1, -0.05) is 0 Å². The molecule has 2 nitrogen and oxygen atoms in total. The van der Waals surface area contributed by atoms with E-state index in [-0.39, 0.29) is 23.8 Å². The highest BCUT2D eigenvalue weighted by atomic mass is 19.1. The van der Waals surface area contributed by atoms with Crippen molar-refractivity contribution in [2.45, 2.75) is 32.0 Å². The van der Waals surface area contributed by atoms with Crippen molar-refractivity contribution >= 4 is 5.78 Å². The molecule has 1 fully saturated rings. The predicted octanol–water partition coefficient (Wildman–Crippen LogP) is 2.58. The van der Waals surface area contributed by atoms with Gasteiger partial charge in [0.1, 0.15) is 11.9 Å². The first kappa shape index (κ1) is 10.3. The van der Waals surface area contributed by atoms with E-state index in [9.17, 15) is 9.18 Å². The average Bonchev–Trinajstić information content (AvgIpc) is 2.65. The smallest absolute Gasteiger partial charge is 0.191 e. The number of carbonyl (C=O) groups excluding carboxylic acids is 1. The molecule has 1 aromatic carbocycles. The van der Waals surface area contributed by atoms with Crippen LogP contribution in [0.4, 0.5) is 4.39 Å².